The van der Waals surface area contributed by atoms with E-state index in [9.17, 15) is 9.90 Å². The van der Waals surface area contributed by atoms with Crippen LogP contribution in [0.2, 0.25) is 0 Å². The Kier molecular flexibility index (Phi) is 5.42. The fourth-order valence-electron chi connectivity index (χ4n) is 3.48. The van der Waals surface area contributed by atoms with E-state index in [4.69, 9.17) is 4.74 Å². The van der Waals surface area contributed by atoms with Crippen molar-refractivity contribution < 1.29 is 20.0 Å². The molecular weight excluding hydrogens is 450 g/mol. The molecule has 0 atom stereocenters. The van der Waals surface area contributed by atoms with E-state index < -0.39 is 11.6 Å². The molecule has 25 heavy (non-hydrogen) atoms. The molecule has 0 unspecified atom stereocenters. The van der Waals surface area contributed by atoms with Gasteiger partial charge in [-0.25, -0.2) is 4.79 Å². The molecule has 3 N–H and O–H groups in total. The summed E-state index contributed by atoms with van der Waals surface area (Å²) in [6.45, 7) is 6.05. The first-order valence-electron chi connectivity index (χ1n) is 8.45. The molecule has 1 saturated heterocycles. The molecule has 1 aliphatic rings. The summed E-state index contributed by atoms with van der Waals surface area (Å²) < 4.78 is 7.25. The maximum Gasteiger partial charge on any atom is 0.342 e. The van der Waals surface area contributed by atoms with Crippen LogP contribution in [0.4, 0.5) is 0 Å². The predicted octanol–water partition coefficient (Wildman–Crippen LogP) is 3.98. The number of esters is 1. The molecule has 2 aromatic carbocycles. The molecule has 134 valence electrons. The summed E-state index contributed by atoms with van der Waals surface area (Å²) in [6.07, 6.45) is 2.06. The molecule has 0 saturated carbocycles. The van der Waals surface area contributed by atoms with Gasteiger partial charge in [0, 0.05) is 23.2 Å². The van der Waals surface area contributed by atoms with Gasteiger partial charge in [-0.1, -0.05) is 22.0 Å². The maximum absolute atomic E-state index is 12.8. The van der Waals surface area contributed by atoms with E-state index >= 15 is 0 Å². The third-order valence-corrected chi connectivity index (χ3v) is 6.31. The number of halogens is 2. The highest BCUT2D eigenvalue weighted by atomic mass is 79.9. The van der Waals surface area contributed by atoms with Gasteiger partial charge in [-0.05, 0) is 58.7 Å². The Morgan fingerprint density at radius 1 is 1.24 bits per heavy atom. The van der Waals surface area contributed by atoms with Crippen LogP contribution in [0, 0.1) is 5.92 Å². The number of fused-ring (bicyclic) bond motifs is 1. The minimum Gasteiger partial charge on any atom is -0.506 e. The highest BCUT2D eigenvalue weighted by Gasteiger charge is 2.36. The molecule has 1 aliphatic heterocycles. The first kappa shape index (κ1) is 18.7. The molecular formula is C19H22Br2NO3+. The lowest BCUT2D eigenvalue weighted by Gasteiger charge is -2.35. The normalized spacial score (nSPS) is 16.2. The number of phenolic OH excluding ortho intramolecular Hbond substituents is 1. The summed E-state index contributed by atoms with van der Waals surface area (Å²) in [5, 5.41) is 14.5. The fourth-order valence-corrected chi connectivity index (χ4v) is 4.43. The Morgan fingerprint density at radius 2 is 1.92 bits per heavy atom. The minimum atomic E-state index is -0.559. The predicted molar refractivity (Wildman–Crippen MR) is 105 cm³/mol. The van der Waals surface area contributed by atoms with E-state index in [0.29, 0.717) is 10.4 Å². The summed E-state index contributed by atoms with van der Waals surface area (Å²) >= 11 is 6.84. The third kappa shape index (κ3) is 3.86. The fraction of sp³-hybridized carbons (Fsp3) is 0.421. The van der Waals surface area contributed by atoms with Crippen LogP contribution in [0.1, 0.15) is 37.0 Å². The Labute approximate surface area is 164 Å². The number of phenols is 1. The van der Waals surface area contributed by atoms with E-state index in [2.05, 4.69) is 37.2 Å². The minimum absolute atomic E-state index is 0.0763. The van der Waals surface area contributed by atoms with Crippen molar-refractivity contribution in [3.8, 4) is 5.75 Å². The number of hydrogen-bond donors (Lipinski definition) is 2. The number of carbonyl (C=O) groups excluding carboxylic acids is 1. The number of ether oxygens (including phenoxy) is 1. The number of rotatable bonds is 3. The van der Waals surface area contributed by atoms with Crippen LogP contribution in [0.25, 0.3) is 10.8 Å². The first-order chi connectivity index (χ1) is 11.8. The highest BCUT2D eigenvalue weighted by Crippen LogP contribution is 2.38. The van der Waals surface area contributed by atoms with Gasteiger partial charge in [0.2, 0.25) is 0 Å². The van der Waals surface area contributed by atoms with E-state index in [0.717, 1.165) is 41.2 Å². The lowest BCUT2D eigenvalue weighted by Crippen LogP contribution is -2.86. The van der Waals surface area contributed by atoms with Crippen molar-refractivity contribution >= 4 is 48.6 Å². The number of quaternary nitrogens is 1. The van der Waals surface area contributed by atoms with Crippen LogP contribution in [-0.4, -0.2) is 29.8 Å². The van der Waals surface area contributed by atoms with Gasteiger partial charge in [0.25, 0.3) is 0 Å². The standard InChI is InChI=1S/C19H21Br2NO3/c1-19(2,12-5-7-22-8-6-12)25-18(24)15-10-11-9-13(20)3-4-14(11)16(21)17(15)23/h3-4,9-10,12,22-23H,5-8H2,1-2H3/p+1. The van der Waals surface area contributed by atoms with Crippen molar-refractivity contribution in [3.63, 3.8) is 0 Å². The molecule has 0 spiro atoms. The Balaban J connectivity index is 1.92. The van der Waals surface area contributed by atoms with Crippen LogP contribution in [0.15, 0.2) is 33.2 Å². The second kappa shape index (κ2) is 7.25. The van der Waals surface area contributed by atoms with Crippen molar-refractivity contribution in [2.75, 3.05) is 13.1 Å². The zero-order chi connectivity index (χ0) is 18.2. The molecule has 0 aliphatic carbocycles. The average Bonchev–Trinajstić information content (AvgIpc) is 2.58. The summed E-state index contributed by atoms with van der Waals surface area (Å²) in [5.41, 5.74) is -0.371. The summed E-state index contributed by atoms with van der Waals surface area (Å²) in [4.78, 5) is 12.8. The van der Waals surface area contributed by atoms with Gasteiger partial charge in [-0.3, -0.25) is 0 Å². The molecule has 1 fully saturated rings. The van der Waals surface area contributed by atoms with Gasteiger partial charge in [0.15, 0.2) is 0 Å². The summed E-state index contributed by atoms with van der Waals surface area (Å²) in [7, 11) is 0. The topological polar surface area (TPSA) is 63.1 Å². The molecule has 0 radical (unpaired) electrons. The summed E-state index contributed by atoms with van der Waals surface area (Å²) in [5.74, 6) is -0.228. The van der Waals surface area contributed by atoms with E-state index in [1.165, 1.54) is 0 Å². The van der Waals surface area contributed by atoms with E-state index in [1.54, 1.807) is 6.07 Å². The number of nitrogens with two attached hydrogens (primary N) is 1. The summed E-state index contributed by atoms with van der Waals surface area (Å²) in [6, 6.07) is 7.39. The van der Waals surface area contributed by atoms with Gasteiger partial charge in [0.1, 0.15) is 16.9 Å². The van der Waals surface area contributed by atoms with Crippen LogP contribution in [-0.2, 0) is 4.74 Å². The zero-order valence-corrected chi connectivity index (χ0v) is 17.5. The van der Waals surface area contributed by atoms with E-state index in [1.807, 2.05) is 32.0 Å². The Bertz CT molecular complexity index is 814. The quantitative estimate of drug-likeness (QED) is 0.665. The van der Waals surface area contributed by atoms with Crippen molar-refractivity contribution in [1.29, 1.82) is 0 Å². The smallest absolute Gasteiger partial charge is 0.342 e. The van der Waals surface area contributed by atoms with Crippen molar-refractivity contribution in [2.24, 2.45) is 5.92 Å². The van der Waals surface area contributed by atoms with Crippen molar-refractivity contribution in [3.05, 3.63) is 38.8 Å². The maximum atomic E-state index is 12.8. The van der Waals surface area contributed by atoms with Crippen LogP contribution < -0.4 is 5.32 Å². The second-order valence-corrected chi connectivity index (χ2v) is 8.79. The van der Waals surface area contributed by atoms with Gasteiger partial charge in [0.05, 0.1) is 17.6 Å². The van der Waals surface area contributed by atoms with Crippen LogP contribution in [0.3, 0.4) is 0 Å². The zero-order valence-electron chi connectivity index (χ0n) is 14.3. The number of aromatic hydroxyl groups is 1. The van der Waals surface area contributed by atoms with Crippen LogP contribution >= 0.6 is 31.9 Å². The number of hydrogen-bond acceptors (Lipinski definition) is 3. The first-order valence-corrected chi connectivity index (χ1v) is 10.0. The molecule has 2 aromatic rings. The van der Waals surface area contributed by atoms with E-state index in [-0.39, 0.29) is 11.3 Å². The average molecular weight is 472 g/mol. The largest absolute Gasteiger partial charge is 0.506 e. The van der Waals surface area contributed by atoms with Gasteiger partial charge >= 0.3 is 5.97 Å². The molecule has 0 amide bonds. The second-order valence-electron chi connectivity index (χ2n) is 7.09. The lowest BCUT2D eigenvalue weighted by molar-refractivity contribution is -0.665. The van der Waals surface area contributed by atoms with Gasteiger partial charge in [-0.2, -0.15) is 0 Å². The number of piperidine rings is 1. The monoisotopic (exact) mass is 470 g/mol. The number of carbonyl (C=O) groups is 1. The van der Waals surface area contributed by atoms with Crippen molar-refractivity contribution in [1.82, 2.24) is 0 Å². The number of benzene rings is 2. The molecule has 0 bridgehead atoms. The van der Waals surface area contributed by atoms with Crippen LogP contribution in [0.5, 0.6) is 5.75 Å². The molecule has 3 rings (SSSR count). The highest BCUT2D eigenvalue weighted by molar-refractivity contribution is 9.11. The van der Waals surface area contributed by atoms with Gasteiger partial charge < -0.3 is 15.2 Å². The molecule has 0 aromatic heterocycles. The SMILES string of the molecule is CC(C)(OC(=O)c1cc2cc(Br)ccc2c(Br)c1O)C1CC[NH2+]CC1. The molecule has 4 nitrogen and oxygen atoms in total. The van der Waals surface area contributed by atoms with Gasteiger partial charge in [-0.15, -0.1) is 0 Å². The Morgan fingerprint density at radius 3 is 2.60 bits per heavy atom. The molecule has 1 heterocycles. The van der Waals surface area contributed by atoms with Crippen molar-refractivity contribution in [2.45, 2.75) is 32.3 Å². The molecule has 6 heteroatoms. The third-order valence-electron chi connectivity index (χ3n) is 5.01. The lowest BCUT2D eigenvalue weighted by atomic mass is 9.83. The Hall–Kier alpha value is -1.11.